The van der Waals surface area contributed by atoms with Crippen LogP contribution in [0.15, 0.2) is 60.7 Å². The molecule has 3 amide bonds. The van der Waals surface area contributed by atoms with Gasteiger partial charge in [-0.05, 0) is 60.9 Å². The first kappa shape index (κ1) is 19.8. The number of hydrogen-bond acceptors (Lipinski definition) is 4. The van der Waals surface area contributed by atoms with Crippen LogP contribution in [0.3, 0.4) is 0 Å². The van der Waals surface area contributed by atoms with Crippen LogP contribution in [0.25, 0.3) is 10.4 Å². The molecule has 1 aliphatic carbocycles. The van der Waals surface area contributed by atoms with Crippen molar-refractivity contribution in [1.29, 1.82) is 0 Å². The first-order valence-corrected chi connectivity index (χ1v) is 10.2. The van der Waals surface area contributed by atoms with E-state index in [4.69, 9.17) is 0 Å². The number of nitrogens with one attached hydrogen (secondary N) is 3. The highest BCUT2D eigenvalue weighted by atomic mass is 32.1. The lowest BCUT2D eigenvalue weighted by Crippen LogP contribution is -2.41. The Labute approximate surface area is 176 Å². The van der Waals surface area contributed by atoms with Gasteiger partial charge in [-0.3, -0.25) is 25.2 Å². The van der Waals surface area contributed by atoms with Gasteiger partial charge in [0.2, 0.25) is 5.91 Å². The summed E-state index contributed by atoms with van der Waals surface area (Å²) in [7, 11) is 0. The Morgan fingerprint density at radius 3 is 2.37 bits per heavy atom. The maximum atomic E-state index is 13.1. The van der Waals surface area contributed by atoms with E-state index >= 15 is 0 Å². The zero-order chi connectivity index (χ0) is 21.1. The van der Waals surface area contributed by atoms with Gasteiger partial charge in [-0.25, -0.2) is 4.39 Å². The summed E-state index contributed by atoms with van der Waals surface area (Å²) in [6.45, 7) is 0. The highest BCUT2D eigenvalue weighted by molar-refractivity contribution is 7.17. The molecule has 8 heteroatoms. The van der Waals surface area contributed by atoms with Gasteiger partial charge in [-0.15, -0.1) is 11.3 Å². The third-order valence-corrected chi connectivity index (χ3v) is 5.72. The molecule has 1 fully saturated rings. The molecule has 1 aromatic heterocycles. The van der Waals surface area contributed by atoms with Crippen molar-refractivity contribution in [2.45, 2.75) is 12.8 Å². The van der Waals surface area contributed by atoms with Crippen molar-refractivity contribution < 1.29 is 18.8 Å². The summed E-state index contributed by atoms with van der Waals surface area (Å²) in [5.74, 6) is -1.27. The van der Waals surface area contributed by atoms with Gasteiger partial charge in [0.25, 0.3) is 11.8 Å². The minimum atomic E-state index is -0.499. The van der Waals surface area contributed by atoms with Crippen molar-refractivity contribution in [2.24, 2.45) is 5.92 Å². The minimum Gasteiger partial charge on any atom is -0.326 e. The second-order valence-electron chi connectivity index (χ2n) is 6.92. The van der Waals surface area contributed by atoms with Crippen molar-refractivity contribution in [3.8, 4) is 10.4 Å². The zero-order valence-corrected chi connectivity index (χ0v) is 16.6. The molecule has 0 aliphatic heterocycles. The number of carbonyl (C=O) groups is 3. The molecule has 152 valence electrons. The first-order chi connectivity index (χ1) is 14.5. The summed E-state index contributed by atoms with van der Waals surface area (Å²) in [6.07, 6.45) is 1.78. The fourth-order valence-electron chi connectivity index (χ4n) is 2.80. The molecule has 1 saturated carbocycles. The first-order valence-electron chi connectivity index (χ1n) is 9.37. The van der Waals surface area contributed by atoms with Gasteiger partial charge in [0, 0.05) is 22.0 Å². The molecule has 4 rings (SSSR count). The monoisotopic (exact) mass is 423 g/mol. The second kappa shape index (κ2) is 8.46. The maximum absolute atomic E-state index is 13.1. The van der Waals surface area contributed by atoms with Gasteiger partial charge in [0.05, 0.1) is 4.88 Å². The molecule has 0 spiro atoms. The average Bonchev–Trinajstić information content (AvgIpc) is 3.49. The van der Waals surface area contributed by atoms with Crippen molar-refractivity contribution in [3.63, 3.8) is 0 Å². The molecule has 0 unspecified atom stereocenters. The molecule has 1 aliphatic rings. The van der Waals surface area contributed by atoms with Gasteiger partial charge in [0.1, 0.15) is 5.82 Å². The van der Waals surface area contributed by atoms with Gasteiger partial charge < -0.3 is 5.32 Å². The van der Waals surface area contributed by atoms with Crippen LogP contribution in [-0.2, 0) is 4.79 Å². The molecule has 0 radical (unpaired) electrons. The normalized spacial score (nSPS) is 12.8. The second-order valence-corrected chi connectivity index (χ2v) is 8.01. The van der Waals surface area contributed by atoms with Crippen LogP contribution in [0, 0.1) is 11.7 Å². The number of rotatable bonds is 5. The molecule has 2 aromatic carbocycles. The average molecular weight is 423 g/mol. The molecule has 30 heavy (non-hydrogen) atoms. The molecule has 0 atom stereocenters. The van der Waals surface area contributed by atoms with E-state index in [1.807, 2.05) is 0 Å². The van der Waals surface area contributed by atoms with Crippen molar-refractivity contribution in [3.05, 3.63) is 76.9 Å². The number of hydrazine groups is 1. The van der Waals surface area contributed by atoms with Crippen LogP contribution in [0.2, 0.25) is 0 Å². The number of hydrogen-bond donors (Lipinski definition) is 3. The predicted octanol–water partition coefficient (Wildman–Crippen LogP) is 3.98. The maximum Gasteiger partial charge on any atom is 0.279 e. The number of anilines is 1. The van der Waals surface area contributed by atoms with E-state index in [0.717, 1.165) is 23.3 Å². The number of halogens is 1. The number of benzene rings is 2. The Bertz CT molecular complexity index is 1110. The molecule has 3 N–H and O–H groups in total. The lowest BCUT2D eigenvalue weighted by Gasteiger charge is -2.08. The minimum absolute atomic E-state index is 0.0458. The fourth-order valence-corrected chi connectivity index (χ4v) is 3.71. The van der Waals surface area contributed by atoms with E-state index in [0.29, 0.717) is 16.1 Å². The van der Waals surface area contributed by atoms with Crippen LogP contribution in [-0.4, -0.2) is 17.7 Å². The van der Waals surface area contributed by atoms with Crippen LogP contribution in [0.4, 0.5) is 10.1 Å². The SMILES string of the molecule is O=C(NNC(=O)c1ccc(-c2ccc(F)cc2)s1)c1cccc(NC(=O)C2CC2)c1. The molecule has 6 nitrogen and oxygen atoms in total. The van der Waals surface area contributed by atoms with E-state index < -0.39 is 11.8 Å². The van der Waals surface area contributed by atoms with E-state index in [2.05, 4.69) is 16.2 Å². The lowest BCUT2D eigenvalue weighted by molar-refractivity contribution is -0.117. The number of thiophene rings is 1. The molecule has 0 saturated heterocycles. The summed E-state index contributed by atoms with van der Waals surface area (Å²) in [5.41, 5.74) is 6.40. The largest absolute Gasteiger partial charge is 0.326 e. The summed E-state index contributed by atoms with van der Waals surface area (Å²) in [4.78, 5) is 37.8. The Kier molecular flexibility index (Phi) is 5.58. The summed E-state index contributed by atoms with van der Waals surface area (Å²) < 4.78 is 13.1. The van der Waals surface area contributed by atoms with Gasteiger partial charge >= 0.3 is 0 Å². The molecule has 0 bridgehead atoms. The molecular weight excluding hydrogens is 405 g/mol. The Morgan fingerprint density at radius 1 is 0.900 bits per heavy atom. The predicted molar refractivity (Wildman–Crippen MR) is 112 cm³/mol. The van der Waals surface area contributed by atoms with Crippen LogP contribution in [0.1, 0.15) is 32.9 Å². The third kappa shape index (κ3) is 4.72. The lowest BCUT2D eigenvalue weighted by atomic mass is 10.2. The van der Waals surface area contributed by atoms with Crippen LogP contribution >= 0.6 is 11.3 Å². The van der Waals surface area contributed by atoms with E-state index in [-0.39, 0.29) is 17.6 Å². The Hall–Kier alpha value is -3.52. The van der Waals surface area contributed by atoms with Gasteiger partial charge in [-0.2, -0.15) is 0 Å². The number of carbonyl (C=O) groups excluding carboxylic acids is 3. The highest BCUT2D eigenvalue weighted by Crippen LogP contribution is 2.30. The van der Waals surface area contributed by atoms with Gasteiger partial charge in [0.15, 0.2) is 0 Å². The summed E-state index contributed by atoms with van der Waals surface area (Å²) in [5, 5.41) is 2.78. The Morgan fingerprint density at radius 2 is 1.63 bits per heavy atom. The highest BCUT2D eigenvalue weighted by Gasteiger charge is 2.29. The van der Waals surface area contributed by atoms with Crippen LogP contribution in [0.5, 0.6) is 0 Å². The van der Waals surface area contributed by atoms with E-state index in [1.165, 1.54) is 23.5 Å². The number of amides is 3. The van der Waals surface area contributed by atoms with Crippen molar-refractivity contribution in [2.75, 3.05) is 5.32 Å². The molecule has 3 aromatic rings. The quantitative estimate of drug-likeness (QED) is 0.543. The fraction of sp³-hybridized carbons (Fsp3) is 0.136. The smallest absolute Gasteiger partial charge is 0.279 e. The van der Waals surface area contributed by atoms with E-state index in [1.54, 1.807) is 48.5 Å². The van der Waals surface area contributed by atoms with E-state index in [9.17, 15) is 18.8 Å². The topological polar surface area (TPSA) is 87.3 Å². The summed E-state index contributed by atoms with van der Waals surface area (Å²) in [6, 6.07) is 15.9. The molecular formula is C22H18FN3O3S. The van der Waals surface area contributed by atoms with Crippen molar-refractivity contribution >= 4 is 34.7 Å². The Balaban J connectivity index is 1.35. The van der Waals surface area contributed by atoms with Crippen LogP contribution < -0.4 is 16.2 Å². The third-order valence-electron chi connectivity index (χ3n) is 4.59. The summed E-state index contributed by atoms with van der Waals surface area (Å²) >= 11 is 1.23. The molecule has 1 heterocycles. The van der Waals surface area contributed by atoms with Crippen molar-refractivity contribution in [1.82, 2.24) is 10.9 Å². The standard InChI is InChI=1S/C22H18FN3O3S/c23-16-8-6-13(7-9-16)18-10-11-19(30-18)22(29)26-25-21(28)15-2-1-3-17(12-15)24-20(27)14-4-5-14/h1-3,6-12,14H,4-5H2,(H,24,27)(H,25,28)(H,26,29). The zero-order valence-electron chi connectivity index (χ0n) is 15.8. The van der Waals surface area contributed by atoms with Gasteiger partial charge in [-0.1, -0.05) is 18.2 Å².